The smallest absolute Gasteiger partial charge is 0.237 e. The van der Waals surface area contributed by atoms with Gasteiger partial charge in [0.1, 0.15) is 18.0 Å². The molecule has 1 heterocycles. The van der Waals surface area contributed by atoms with Crippen molar-refractivity contribution in [2.45, 2.75) is 63.6 Å². The number of alkyl halides is 1. The summed E-state index contributed by atoms with van der Waals surface area (Å²) in [5, 5.41) is 15.0. The van der Waals surface area contributed by atoms with Crippen molar-refractivity contribution in [2.75, 3.05) is 25.0 Å². The van der Waals surface area contributed by atoms with E-state index in [1.54, 1.807) is 12.1 Å². The monoisotopic (exact) mass is 432 g/mol. The average molecular weight is 433 g/mol. The quantitative estimate of drug-likeness (QED) is 0.616. The SMILES string of the molecule is N#CC1C[C@H](F)CN1C(=O)CNCCCC1(C(=O)Nc2cccc(F)c2)CCCCC1. The molecule has 1 saturated heterocycles. The second kappa shape index (κ2) is 10.7. The zero-order valence-electron chi connectivity index (χ0n) is 17.7. The number of carbonyl (C=O) groups excluding carboxylic acids is 2. The summed E-state index contributed by atoms with van der Waals surface area (Å²) in [6.45, 7) is 0.570. The molecule has 2 atom stereocenters. The van der Waals surface area contributed by atoms with Gasteiger partial charge in [0.25, 0.3) is 0 Å². The number of nitrogens with zero attached hydrogens (tertiary/aromatic N) is 2. The van der Waals surface area contributed by atoms with Gasteiger partial charge in [0.05, 0.1) is 19.2 Å². The summed E-state index contributed by atoms with van der Waals surface area (Å²) < 4.78 is 27.0. The highest BCUT2D eigenvalue weighted by Crippen LogP contribution is 2.41. The van der Waals surface area contributed by atoms with E-state index in [0.29, 0.717) is 25.1 Å². The van der Waals surface area contributed by atoms with E-state index in [1.165, 1.54) is 17.0 Å². The third-order valence-electron chi connectivity index (χ3n) is 6.38. The van der Waals surface area contributed by atoms with Crippen LogP contribution in [0.25, 0.3) is 0 Å². The fourth-order valence-corrected chi connectivity index (χ4v) is 4.68. The molecule has 0 spiro atoms. The third kappa shape index (κ3) is 6.01. The largest absolute Gasteiger partial charge is 0.326 e. The Morgan fingerprint density at radius 3 is 2.74 bits per heavy atom. The van der Waals surface area contributed by atoms with E-state index < -0.39 is 17.6 Å². The molecule has 2 amide bonds. The van der Waals surface area contributed by atoms with E-state index >= 15 is 0 Å². The molecule has 1 aromatic carbocycles. The molecule has 8 heteroatoms. The molecular weight excluding hydrogens is 402 g/mol. The zero-order chi connectivity index (χ0) is 22.3. The van der Waals surface area contributed by atoms with Crippen molar-refractivity contribution in [1.29, 1.82) is 5.26 Å². The molecule has 3 rings (SSSR count). The summed E-state index contributed by atoms with van der Waals surface area (Å²) in [5.41, 5.74) is -0.0269. The van der Waals surface area contributed by atoms with Crippen LogP contribution in [-0.4, -0.2) is 48.6 Å². The Hall–Kier alpha value is -2.53. The van der Waals surface area contributed by atoms with Crippen LogP contribution in [0.4, 0.5) is 14.5 Å². The first kappa shape index (κ1) is 23.1. The van der Waals surface area contributed by atoms with Gasteiger partial charge in [-0.1, -0.05) is 25.3 Å². The summed E-state index contributed by atoms with van der Waals surface area (Å²) in [6, 6.07) is 7.20. The summed E-state index contributed by atoms with van der Waals surface area (Å²) in [7, 11) is 0. The first-order chi connectivity index (χ1) is 14.9. The van der Waals surface area contributed by atoms with Crippen LogP contribution in [0.5, 0.6) is 0 Å². The maximum Gasteiger partial charge on any atom is 0.237 e. The van der Waals surface area contributed by atoms with Gasteiger partial charge < -0.3 is 15.5 Å². The number of halogens is 2. The molecule has 1 aliphatic carbocycles. The van der Waals surface area contributed by atoms with Crippen molar-refractivity contribution >= 4 is 17.5 Å². The van der Waals surface area contributed by atoms with Crippen LogP contribution in [0.3, 0.4) is 0 Å². The number of likely N-dealkylation sites (tertiary alicyclic amines) is 1. The topological polar surface area (TPSA) is 85.2 Å². The number of carbonyl (C=O) groups is 2. The van der Waals surface area contributed by atoms with Gasteiger partial charge in [-0.25, -0.2) is 8.78 Å². The molecule has 2 N–H and O–H groups in total. The highest BCUT2D eigenvalue weighted by molar-refractivity contribution is 5.95. The Labute approximate surface area is 182 Å². The molecule has 2 aliphatic rings. The van der Waals surface area contributed by atoms with Crippen molar-refractivity contribution in [2.24, 2.45) is 5.41 Å². The Bertz CT molecular complexity index is 820. The standard InChI is InChI=1S/C23H30F2N4O2/c24-17-6-4-7-19(12-17)28-22(31)23(8-2-1-3-9-23)10-5-11-27-15-21(30)29-16-18(25)13-20(29)14-26/h4,6-7,12,18,20,27H,1-3,5,8-11,13,15-16H2,(H,28,31)/t18-,20?/m0/s1. The van der Waals surface area contributed by atoms with Crippen molar-refractivity contribution in [3.8, 4) is 6.07 Å². The summed E-state index contributed by atoms with van der Waals surface area (Å²) >= 11 is 0. The van der Waals surface area contributed by atoms with Crippen LogP contribution >= 0.6 is 0 Å². The van der Waals surface area contributed by atoms with E-state index in [4.69, 9.17) is 5.26 Å². The van der Waals surface area contributed by atoms with Crippen LogP contribution < -0.4 is 10.6 Å². The number of nitriles is 1. The predicted octanol–water partition coefficient (Wildman–Crippen LogP) is 3.55. The van der Waals surface area contributed by atoms with E-state index in [2.05, 4.69) is 10.6 Å². The van der Waals surface area contributed by atoms with Gasteiger partial charge in [-0.05, 0) is 50.4 Å². The number of nitrogens with one attached hydrogen (secondary N) is 2. The zero-order valence-corrected chi connectivity index (χ0v) is 17.7. The second-order valence-corrected chi connectivity index (χ2v) is 8.61. The lowest BCUT2D eigenvalue weighted by molar-refractivity contribution is -0.130. The van der Waals surface area contributed by atoms with Crippen LogP contribution in [0.15, 0.2) is 24.3 Å². The lowest BCUT2D eigenvalue weighted by Crippen LogP contribution is -2.41. The Kier molecular flexibility index (Phi) is 7.97. The van der Waals surface area contributed by atoms with Crippen LogP contribution in [-0.2, 0) is 9.59 Å². The van der Waals surface area contributed by atoms with Crippen LogP contribution in [0, 0.1) is 22.6 Å². The molecular formula is C23H30F2N4O2. The fraction of sp³-hybridized carbons (Fsp3) is 0.609. The van der Waals surface area contributed by atoms with Gasteiger partial charge in [-0.3, -0.25) is 9.59 Å². The minimum atomic E-state index is -1.14. The number of hydrogen-bond donors (Lipinski definition) is 2. The number of amides is 2. The lowest BCUT2D eigenvalue weighted by Gasteiger charge is -2.36. The maximum absolute atomic E-state index is 13.5. The number of rotatable bonds is 8. The first-order valence-electron chi connectivity index (χ1n) is 11.0. The molecule has 1 saturated carbocycles. The normalized spacial score (nSPS) is 22.7. The van der Waals surface area contributed by atoms with E-state index in [9.17, 15) is 18.4 Å². The number of benzene rings is 1. The molecule has 168 valence electrons. The summed E-state index contributed by atoms with van der Waals surface area (Å²) in [6.07, 6.45) is 4.97. The lowest BCUT2D eigenvalue weighted by atomic mass is 9.70. The van der Waals surface area contributed by atoms with Crippen molar-refractivity contribution in [3.05, 3.63) is 30.1 Å². The van der Waals surface area contributed by atoms with Gasteiger partial charge in [-0.2, -0.15) is 5.26 Å². The molecule has 31 heavy (non-hydrogen) atoms. The molecule has 1 aliphatic heterocycles. The van der Waals surface area contributed by atoms with E-state index in [1.807, 2.05) is 6.07 Å². The van der Waals surface area contributed by atoms with Crippen LogP contribution in [0.1, 0.15) is 51.4 Å². The average Bonchev–Trinajstić information content (AvgIpc) is 3.15. The number of hydrogen-bond acceptors (Lipinski definition) is 4. The highest BCUT2D eigenvalue weighted by atomic mass is 19.1. The first-order valence-corrected chi connectivity index (χ1v) is 11.0. The van der Waals surface area contributed by atoms with Gasteiger partial charge >= 0.3 is 0 Å². The maximum atomic E-state index is 13.5. The molecule has 2 fully saturated rings. The molecule has 0 radical (unpaired) electrons. The molecule has 0 bridgehead atoms. The van der Waals surface area contributed by atoms with Gasteiger partial charge in [0.2, 0.25) is 11.8 Å². The molecule has 0 aromatic heterocycles. The second-order valence-electron chi connectivity index (χ2n) is 8.61. The highest BCUT2D eigenvalue weighted by Gasteiger charge is 2.39. The van der Waals surface area contributed by atoms with Crippen LogP contribution in [0.2, 0.25) is 0 Å². The minimum absolute atomic E-state index is 0.0257. The minimum Gasteiger partial charge on any atom is -0.326 e. The fourth-order valence-electron chi connectivity index (χ4n) is 4.68. The number of anilines is 1. The Balaban J connectivity index is 1.48. The third-order valence-corrected chi connectivity index (χ3v) is 6.38. The van der Waals surface area contributed by atoms with E-state index in [-0.39, 0.29) is 37.1 Å². The molecule has 1 unspecified atom stereocenters. The van der Waals surface area contributed by atoms with E-state index in [0.717, 1.165) is 32.1 Å². The van der Waals surface area contributed by atoms with Crippen molar-refractivity contribution in [1.82, 2.24) is 10.2 Å². The Morgan fingerprint density at radius 1 is 1.26 bits per heavy atom. The van der Waals surface area contributed by atoms with Gasteiger partial charge in [0.15, 0.2) is 0 Å². The Morgan fingerprint density at radius 2 is 2.03 bits per heavy atom. The molecule has 1 aromatic rings. The summed E-state index contributed by atoms with van der Waals surface area (Å²) in [5.74, 6) is -0.736. The van der Waals surface area contributed by atoms with Crippen molar-refractivity contribution < 1.29 is 18.4 Å². The summed E-state index contributed by atoms with van der Waals surface area (Å²) in [4.78, 5) is 26.6. The van der Waals surface area contributed by atoms with Crippen molar-refractivity contribution in [3.63, 3.8) is 0 Å². The van der Waals surface area contributed by atoms with Gasteiger partial charge in [-0.15, -0.1) is 0 Å². The molecule has 6 nitrogen and oxygen atoms in total. The van der Waals surface area contributed by atoms with Gasteiger partial charge in [0, 0.05) is 17.5 Å². The predicted molar refractivity (Wildman–Crippen MR) is 113 cm³/mol.